The first-order valence-electron chi connectivity index (χ1n) is 6.48. The molecule has 0 atom stereocenters. The lowest BCUT2D eigenvalue weighted by atomic mass is 10.2. The van der Waals surface area contributed by atoms with E-state index in [-0.39, 0.29) is 5.75 Å². The normalized spacial score (nSPS) is 11.8. The number of nitrogen functional groups attached to an aromatic ring is 1. The molecular weight excluding hydrogens is 262 g/mol. The zero-order chi connectivity index (χ0) is 14.5. The molecule has 1 aromatic rings. The number of aryl methyl sites for hydroxylation is 1. The quantitative estimate of drug-likeness (QED) is 0.747. The Balaban J connectivity index is 2.59. The van der Waals surface area contributed by atoms with Gasteiger partial charge >= 0.3 is 0 Å². The SMILES string of the molecule is CCN(CC)S(=O)(=O)CCNc1ccc(N)cc1C. The molecule has 6 heteroatoms. The van der Waals surface area contributed by atoms with Crippen LogP contribution in [0.25, 0.3) is 0 Å². The second-order valence-electron chi connectivity index (χ2n) is 4.40. The Morgan fingerprint density at radius 3 is 2.42 bits per heavy atom. The highest BCUT2D eigenvalue weighted by molar-refractivity contribution is 7.89. The maximum absolute atomic E-state index is 12.0. The van der Waals surface area contributed by atoms with E-state index in [0.717, 1.165) is 11.3 Å². The van der Waals surface area contributed by atoms with Gasteiger partial charge in [0.1, 0.15) is 0 Å². The van der Waals surface area contributed by atoms with Gasteiger partial charge in [-0.1, -0.05) is 13.8 Å². The van der Waals surface area contributed by atoms with Crippen LogP contribution in [0.1, 0.15) is 19.4 Å². The van der Waals surface area contributed by atoms with Crippen molar-refractivity contribution < 1.29 is 8.42 Å². The molecule has 0 spiro atoms. The predicted molar refractivity (Wildman–Crippen MR) is 80.8 cm³/mol. The lowest BCUT2D eigenvalue weighted by Crippen LogP contribution is -2.34. The fraction of sp³-hybridized carbons (Fsp3) is 0.538. The fourth-order valence-electron chi connectivity index (χ4n) is 1.95. The van der Waals surface area contributed by atoms with E-state index in [1.165, 1.54) is 4.31 Å². The summed E-state index contributed by atoms with van der Waals surface area (Å²) < 4.78 is 25.5. The van der Waals surface area contributed by atoms with Crippen LogP contribution in [0.3, 0.4) is 0 Å². The molecule has 0 fully saturated rings. The van der Waals surface area contributed by atoms with E-state index >= 15 is 0 Å². The van der Waals surface area contributed by atoms with E-state index in [4.69, 9.17) is 5.73 Å². The van der Waals surface area contributed by atoms with Gasteiger partial charge in [0.15, 0.2) is 0 Å². The maximum atomic E-state index is 12.0. The molecule has 0 aliphatic heterocycles. The monoisotopic (exact) mass is 285 g/mol. The molecule has 0 aliphatic carbocycles. The van der Waals surface area contributed by atoms with Crippen molar-refractivity contribution >= 4 is 21.4 Å². The lowest BCUT2D eigenvalue weighted by Gasteiger charge is -2.19. The van der Waals surface area contributed by atoms with Crippen LogP contribution in [-0.2, 0) is 10.0 Å². The molecule has 0 unspecified atom stereocenters. The van der Waals surface area contributed by atoms with Gasteiger partial charge in [0.05, 0.1) is 5.75 Å². The Kier molecular flexibility index (Phi) is 5.62. The van der Waals surface area contributed by atoms with Crippen molar-refractivity contribution in [1.82, 2.24) is 4.31 Å². The topological polar surface area (TPSA) is 75.4 Å². The number of rotatable bonds is 7. The summed E-state index contributed by atoms with van der Waals surface area (Å²) in [4.78, 5) is 0. The minimum atomic E-state index is -3.17. The summed E-state index contributed by atoms with van der Waals surface area (Å²) in [6.45, 7) is 7.05. The molecular formula is C13H23N3O2S. The van der Waals surface area contributed by atoms with E-state index < -0.39 is 10.0 Å². The van der Waals surface area contributed by atoms with Gasteiger partial charge in [-0.25, -0.2) is 12.7 Å². The molecule has 3 N–H and O–H groups in total. The molecule has 0 heterocycles. The summed E-state index contributed by atoms with van der Waals surface area (Å²) in [6, 6.07) is 5.53. The van der Waals surface area contributed by atoms with E-state index in [2.05, 4.69) is 5.32 Å². The minimum absolute atomic E-state index is 0.0957. The van der Waals surface area contributed by atoms with Crippen molar-refractivity contribution in [3.8, 4) is 0 Å². The first-order valence-corrected chi connectivity index (χ1v) is 8.09. The Morgan fingerprint density at radius 2 is 1.89 bits per heavy atom. The van der Waals surface area contributed by atoms with Crippen molar-refractivity contribution in [2.75, 3.05) is 36.4 Å². The van der Waals surface area contributed by atoms with Crippen molar-refractivity contribution in [3.05, 3.63) is 23.8 Å². The second kappa shape index (κ2) is 6.77. The van der Waals surface area contributed by atoms with E-state index in [1.807, 2.05) is 32.9 Å². The molecule has 19 heavy (non-hydrogen) atoms. The third kappa shape index (κ3) is 4.40. The summed E-state index contributed by atoms with van der Waals surface area (Å²) in [6.07, 6.45) is 0. The summed E-state index contributed by atoms with van der Waals surface area (Å²) in [5, 5.41) is 3.14. The molecule has 0 radical (unpaired) electrons. The van der Waals surface area contributed by atoms with Crippen LogP contribution >= 0.6 is 0 Å². The summed E-state index contributed by atoms with van der Waals surface area (Å²) in [5.41, 5.74) is 8.31. The predicted octanol–water partition coefficient (Wildman–Crippen LogP) is 1.66. The average molecular weight is 285 g/mol. The molecule has 0 saturated heterocycles. The van der Waals surface area contributed by atoms with Gasteiger partial charge in [0.25, 0.3) is 0 Å². The van der Waals surface area contributed by atoms with Crippen LogP contribution in [0.15, 0.2) is 18.2 Å². The van der Waals surface area contributed by atoms with E-state index in [9.17, 15) is 8.42 Å². The van der Waals surface area contributed by atoms with Crippen molar-refractivity contribution in [2.24, 2.45) is 0 Å². The third-order valence-electron chi connectivity index (χ3n) is 3.02. The number of nitrogens with one attached hydrogen (secondary N) is 1. The Bertz CT molecular complexity index is 511. The third-order valence-corrected chi connectivity index (χ3v) is 5.05. The number of hydrogen-bond donors (Lipinski definition) is 2. The standard InChI is InChI=1S/C13H23N3O2S/c1-4-16(5-2)19(17,18)9-8-15-13-7-6-12(14)10-11(13)3/h6-7,10,15H,4-5,8-9,14H2,1-3H3. The molecule has 0 amide bonds. The zero-order valence-corrected chi connectivity index (χ0v) is 12.6. The number of nitrogens with two attached hydrogens (primary N) is 1. The van der Waals surface area contributed by atoms with E-state index in [1.54, 1.807) is 6.07 Å². The highest BCUT2D eigenvalue weighted by Crippen LogP contribution is 2.17. The van der Waals surface area contributed by atoms with Crippen LogP contribution < -0.4 is 11.1 Å². The largest absolute Gasteiger partial charge is 0.399 e. The van der Waals surface area contributed by atoms with Crippen molar-refractivity contribution in [1.29, 1.82) is 0 Å². The molecule has 108 valence electrons. The van der Waals surface area contributed by atoms with Crippen LogP contribution in [0.2, 0.25) is 0 Å². The number of hydrogen-bond acceptors (Lipinski definition) is 4. The van der Waals surface area contributed by atoms with Gasteiger partial charge in [-0.2, -0.15) is 0 Å². The summed E-state index contributed by atoms with van der Waals surface area (Å²) in [5.74, 6) is 0.0957. The van der Waals surface area contributed by atoms with E-state index in [0.29, 0.717) is 25.3 Å². The summed E-state index contributed by atoms with van der Waals surface area (Å²) >= 11 is 0. The molecule has 1 aromatic carbocycles. The van der Waals surface area contributed by atoms with Crippen LogP contribution in [-0.4, -0.2) is 38.1 Å². The van der Waals surface area contributed by atoms with Crippen molar-refractivity contribution in [2.45, 2.75) is 20.8 Å². The van der Waals surface area contributed by atoms with Gasteiger partial charge in [0.2, 0.25) is 10.0 Å². The molecule has 0 saturated carbocycles. The Hall–Kier alpha value is -1.27. The first-order chi connectivity index (χ1) is 8.90. The number of sulfonamides is 1. The van der Waals surface area contributed by atoms with Gasteiger partial charge in [-0.05, 0) is 30.7 Å². The molecule has 0 bridgehead atoms. The Morgan fingerprint density at radius 1 is 1.26 bits per heavy atom. The summed E-state index contributed by atoms with van der Waals surface area (Å²) in [7, 11) is -3.17. The highest BCUT2D eigenvalue weighted by Gasteiger charge is 2.17. The van der Waals surface area contributed by atoms with Gasteiger partial charge in [0, 0.05) is 31.0 Å². The van der Waals surface area contributed by atoms with Gasteiger partial charge < -0.3 is 11.1 Å². The number of nitrogens with zero attached hydrogens (tertiary/aromatic N) is 1. The first kappa shape index (κ1) is 15.8. The molecule has 1 rings (SSSR count). The fourth-order valence-corrected chi connectivity index (χ4v) is 3.35. The van der Waals surface area contributed by atoms with Crippen LogP contribution in [0.5, 0.6) is 0 Å². The van der Waals surface area contributed by atoms with Gasteiger partial charge in [-0.15, -0.1) is 0 Å². The number of anilines is 2. The number of benzene rings is 1. The highest BCUT2D eigenvalue weighted by atomic mass is 32.2. The van der Waals surface area contributed by atoms with Crippen LogP contribution in [0.4, 0.5) is 11.4 Å². The van der Waals surface area contributed by atoms with Crippen LogP contribution in [0, 0.1) is 6.92 Å². The molecule has 5 nitrogen and oxygen atoms in total. The second-order valence-corrected chi connectivity index (χ2v) is 6.49. The Labute approximate surface area is 115 Å². The smallest absolute Gasteiger partial charge is 0.215 e. The molecule has 0 aliphatic rings. The minimum Gasteiger partial charge on any atom is -0.399 e. The lowest BCUT2D eigenvalue weighted by molar-refractivity contribution is 0.446. The molecule has 0 aromatic heterocycles. The van der Waals surface area contributed by atoms with Gasteiger partial charge in [-0.3, -0.25) is 0 Å². The maximum Gasteiger partial charge on any atom is 0.215 e. The zero-order valence-electron chi connectivity index (χ0n) is 11.8. The average Bonchev–Trinajstić information content (AvgIpc) is 2.33. The van der Waals surface area contributed by atoms with Crippen molar-refractivity contribution in [3.63, 3.8) is 0 Å².